The molecule has 0 spiro atoms. The molecule has 0 unspecified atom stereocenters. The first-order chi connectivity index (χ1) is 9.15. The average Bonchev–Trinajstić information content (AvgIpc) is 2.43. The Hall–Kier alpha value is -2.55. The van der Waals surface area contributed by atoms with Crippen LogP contribution in [0.15, 0.2) is 42.5 Å². The van der Waals surface area contributed by atoms with E-state index < -0.39 is 0 Å². The van der Waals surface area contributed by atoms with Crippen LogP contribution in [0.4, 0.5) is 11.4 Å². The van der Waals surface area contributed by atoms with Gasteiger partial charge in [-0.2, -0.15) is 0 Å². The summed E-state index contributed by atoms with van der Waals surface area (Å²) in [4.78, 5) is 12.6. The number of nitrogens with two attached hydrogens (primary N) is 2. The van der Waals surface area contributed by atoms with E-state index in [2.05, 4.69) is 0 Å². The fourth-order valence-corrected chi connectivity index (χ4v) is 2.65. The molecule has 0 bridgehead atoms. The van der Waals surface area contributed by atoms with E-state index in [1.807, 2.05) is 37.3 Å². The second-order valence-corrected chi connectivity index (χ2v) is 4.57. The molecule has 3 rings (SSSR count). The van der Waals surface area contributed by atoms with Gasteiger partial charge in [0.05, 0.1) is 5.56 Å². The van der Waals surface area contributed by atoms with Gasteiger partial charge in [0.15, 0.2) is 5.78 Å². The number of anilines is 2. The number of rotatable bonds is 0. The second-order valence-electron chi connectivity index (χ2n) is 4.57. The lowest BCUT2D eigenvalue weighted by Gasteiger charge is -2.24. The lowest BCUT2D eigenvalue weighted by Crippen LogP contribution is -2.18. The molecule has 3 heteroatoms. The average molecular weight is 250 g/mol. The highest BCUT2D eigenvalue weighted by Crippen LogP contribution is 2.40. The van der Waals surface area contributed by atoms with Crippen LogP contribution in [-0.4, -0.2) is 5.78 Å². The number of fused-ring (bicyclic) bond motifs is 2. The van der Waals surface area contributed by atoms with Crippen molar-refractivity contribution in [1.29, 1.82) is 0 Å². The molecule has 19 heavy (non-hydrogen) atoms. The lowest BCUT2D eigenvalue weighted by molar-refractivity contribution is 0.103. The van der Waals surface area contributed by atoms with Crippen LogP contribution in [0.1, 0.15) is 34.0 Å². The fourth-order valence-electron chi connectivity index (χ4n) is 2.65. The number of hydrogen-bond acceptors (Lipinski definition) is 3. The molecule has 0 amide bonds. The van der Waals surface area contributed by atoms with Gasteiger partial charge in [0.25, 0.3) is 0 Å². The Bertz CT molecular complexity index is 730. The van der Waals surface area contributed by atoms with Crippen molar-refractivity contribution >= 4 is 22.7 Å². The summed E-state index contributed by atoms with van der Waals surface area (Å²) in [6.45, 7) is 1.94. The Labute approximate surface area is 111 Å². The largest absolute Gasteiger partial charge is 0.398 e. The van der Waals surface area contributed by atoms with Crippen LogP contribution in [0.3, 0.4) is 0 Å². The van der Waals surface area contributed by atoms with E-state index in [4.69, 9.17) is 11.5 Å². The third-order valence-electron chi connectivity index (χ3n) is 3.52. The SMILES string of the molecule is C/C=C1/c2ccccc2C(=O)c2c(N)ccc(N)c21. The third-order valence-corrected chi connectivity index (χ3v) is 3.52. The zero-order valence-corrected chi connectivity index (χ0v) is 10.6. The van der Waals surface area contributed by atoms with E-state index in [0.717, 1.165) is 16.7 Å². The molecule has 0 atom stereocenters. The van der Waals surface area contributed by atoms with E-state index in [0.29, 0.717) is 22.5 Å². The number of nitrogen functional groups attached to an aromatic ring is 2. The van der Waals surface area contributed by atoms with Gasteiger partial charge in [0, 0.05) is 22.5 Å². The van der Waals surface area contributed by atoms with Gasteiger partial charge in [-0.05, 0) is 30.2 Å². The maximum Gasteiger partial charge on any atom is 0.196 e. The smallest absolute Gasteiger partial charge is 0.196 e. The van der Waals surface area contributed by atoms with Gasteiger partial charge in [0.1, 0.15) is 0 Å². The van der Waals surface area contributed by atoms with Crippen LogP contribution in [0.5, 0.6) is 0 Å². The van der Waals surface area contributed by atoms with Crippen LogP contribution in [-0.2, 0) is 0 Å². The summed E-state index contributed by atoms with van der Waals surface area (Å²) in [5, 5.41) is 0. The molecule has 3 nitrogen and oxygen atoms in total. The minimum Gasteiger partial charge on any atom is -0.398 e. The first-order valence-corrected chi connectivity index (χ1v) is 6.14. The van der Waals surface area contributed by atoms with Crippen molar-refractivity contribution < 1.29 is 4.79 Å². The molecular formula is C16H14N2O. The van der Waals surface area contributed by atoms with Gasteiger partial charge >= 0.3 is 0 Å². The topological polar surface area (TPSA) is 69.1 Å². The summed E-state index contributed by atoms with van der Waals surface area (Å²) in [6, 6.07) is 11.0. The molecule has 1 aliphatic rings. The first-order valence-electron chi connectivity index (χ1n) is 6.14. The number of ketones is 1. The van der Waals surface area contributed by atoms with Crippen molar-refractivity contribution in [2.75, 3.05) is 11.5 Å². The van der Waals surface area contributed by atoms with Gasteiger partial charge in [0.2, 0.25) is 0 Å². The van der Waals surface area contributed by atoms with Crippen molar-refractivity contribution in [3.63, 3.8) is 0 Å². The molecule has 0 aromatic heterocycles. The van der Waals surface area contributed by atoms with Gasteiger partial charge in [-0.3, -0.25) is 4.79 Å². The summed E-state index contributed by atoms with van der Waals surface area (Å²) >= 11 is 0. The van der Waals surface area contributed by atoms with Gasteiger partial charge < -0.3 is 11.5 Å². The van der Waals surface area contributed by atoms with Crippen molar-refractivity contribution in [3.05, 3.63) is 64.7 Å². The van der Waals surface area contributed by atoms with Gasteiger partial charge in [-0.1, -0.05) is 30.3 Å². The maximum absolute atomic E-state index is 12.6. The van der Waals surface area contributed by atoms with Crippen molar-refractivity contribution in [2.24, 2.45) is 0 Å². The minimum atomic E-state index is -0.0546. The van der Waals surface area contributed by atoms with Crippen LogP contribution in [0.2, 0.25) is 0 Å². The zero-order chi connectivity index (χ0) is 13.6. The first kappa shape index (κ1) is 11.5. The molecule has 2 aromatic carbocycles. The summed E-state index contributed by atoms with van der Waals surface area (Å²) in [6.07, 6.45) is 1.97. The van der Waals surface area contributed by atoms with Crippen LogP contribution in [0, 0.1) is 0 Å². The van der Waals surface area contributed by atoms with Gasteiger partial charge in [-0.25, -0.2) is 0 Å². The van der Waals surface area contributed by atoms with Crippen molar-refractivity contribution in [1.82, 2.24) is 0 Å². The Morgan fingerprint density at radius 1 is 0.895 bits per heavy atom. The van der Waals surface area contributed by atoms with E-state index >= 15 is 0 Å². The predicted octanol–water partition coefficient (Wildman–Crippen LogP) is 2.85. The standard InChI is InChI=1S/C16H14N2O/c1-2-9-10-5-3-4-6-11(10)16(19)15-13(18)8-7-12(17)14(9)15/h2-8H,17-18H2,1H3/b9-2-. The third kappa shape index (κ3) is 1.48. The number of carbonyl (C=O) groups excluding carboxylic acids is 1. The van der Waals surface area contributed by atoms with E-state index in [1.54, 1.807) is 12.1 Å². The molecule has 0 fully saturated rings. The molecule has 4 N–H and O–H groups in total. The normalized spacial score (nSPS) is 15.2. The summed E-state index contributed by atoms with van der Waals surface area (Å²) in [5.41, 5.74) is 16.9. The molecule has 94 valence electrons. The molecule has 1 aliphatic carbocycles. The minimum absolute atomic E-state index is 0.0546. The Kier molecular flexibility index (Phi) is 2.42. The van der Waals surface area contributed by atoms with Crippen LogP contribution in [0.25, 0.3) is 5.57 Å². The highest BCUT2D eigenvalue weighted by atomic mass is 16.1. The molecule has 2 aromatic rings. The van der Waals surface area contributed by atoms with Gasteiger partial charge in [-0.15, -0.1) is 0 Å². The summed E-state index contributed by atoms with van der Waals surface area (Å²) in [5.74, 6) is -0.0546. The predicted molar refractivity (Wildman–Crippen MR) is 77.9 cm³/mol. The number of carbonyl (C=O) groups is 1. The van der Waals surface area contributed by atoms with Crippen molar-refractivity contribution in [2.45, 2.75) is 6.92 Å². The number of hydrogen-bond donors (Lipinski definition) is 2. The molecular weight excluding hydrogens is 236 g/mol. The van der Waals surface area contributed by atoms with Crippen LogP contribution < -0.4 is 11.5 Å². The van der Waals surface area contributed by atoms with Crippen LogP contribution >= 0.6 is 0 Å². The Balaban J connectivity index is 2.44. The quantitative estimate of drug-likeness (QED) is 0.603. The Morgan fingerprint density at radius 3 is 2.11 bits per heavy atom. The molecule has 0 radical (unpaired) electrons. The highest BCUT2D eigenvalue weighted by Gasteiger charge is 2.29. The van der Waals surface area contributed by atoms with E-state index in [9.17, 15) is 4.79 Å². The second kappa shape index (κ2) is 3.99. The highest BCUT2D eigenvalue weighted by molar-refractivity contribution is 6.22. The maximum atomic E-state index is 12.6. The fraction of sp³-hybridized carbons (Fsp3) is 0.0625. The summed E-state index contributed by atoms with van der Waals surface area (Å²) in [7, 11) is 0. The number of benzene rings is 2. The zero-order valence-electron chi connectivity index (χ0n) is 10.6. The number of allylic oxidation sites excluding steroid dienone is 1. The molecule has 0 heterocycles. The summed E-state index contributed by atoms with van der Waals surface area (Å²) < 4.78 is 0. The monoisotopic (exact) mass is 250 g/mol. The van der Waals surface area contributed by atoms with Crippen molar-refractivity contribution in [3.8, 4) is 0 Å². The lowest BCUT2D eigenvalue weighted by atomic mass is 9.80. The Morgan fingerprint density at radius 2 is 1.47 bits per heavy atom. The van der Waals surface area contributed by atoms with E-state index in [1.165, 1.54) is 0 Å². The van der Waals surface area contributed by atoms with E-state index in [-0.39, 0.29) is 5.78 Å². The molecule has 0 saturated heterocycles. The molecule has 0 saturated carbocycles. The molecule has 0 aliphatic heterocycles.